The highest BCUT2D eigenvalue weighted by molar-refractivity contribution is 7.09. The summed E-state index contributed by atoms with van der Waals surface area (Å²) in [6.07, 6.45) is 2.44. The number of aromatic carboxylic acids is 1. The van der Waals surface area contributed by atoms with Crippen LogP contribution >= 0.6 is 11.3 Å². The Kier molecular flexibility index (Phi) is 3.57. The van der Waals surface area contributed by atoms with Gasteiger partial charge < -0.3 is 10.4 Å². The van der Waals surface area contributed by atoms with Crippen LogP contribution in [0.3, 0.4) is 0 Å². The lowest BCUT2D eigenvalue weighted by Gasteiger charge is -2.03. The summed E-state index contributed by atoms with van der Waals surface area (Å²) >= 11 is 1.61. The van der Waals surface area contributed by atoms with Crippen LogP contribution in [0.4, 0.5) is 5.82 Å². The smallest absolute Gasteiger partial charge is 0.356 e. The number of aromatic nitrogens is 3. The fourth-order valence-corrected chi connectivity index (χ4v) is 2.90. The summed E-state index contributed by atoms with van der Waals surface area (Å²) < 4.78 is 1.57. The summed E-state index contributed by atoms with van der Waals surface area (Å²) in [6, 6.07) is 5.39. The summed E-state index contributed by atoms with van der Waals surface area (Å²) in [6.45, 7) is 2.55. The van der Waals surface area contributed by atoms with Crippen molar-refractivity contribution >= 4 is 28.8 Å². The molecule has 0 fully saturated rings. The van der Waals surface area contributed by atoms with Gasteiger partial charge in [0.05, 0.1) is 5.01 Å². The van der Waals surface area contributed by atoms with E-state index in [9.17, 15) is 9.90 Å². The minimum absolute atomic E-state index is 0.154. The van der Waals surface area contributed by atoms with Gasteiger partial charge in [-0.3, -0.25) is 4.40 Å². The molecule has 0 aliphatic heterocycles. The average molecular weight is 302 g/mol. The number of carboxylic acids is 1. The Morgan fingerprint density at radius 1 is 1.43 bits per heavy atom. The molecule has 0 spiro atoms. The quantitative estimate of drug-likeness (QED) is 0.757. The van der Waals surface area contributed by atoms with Crippen LogP contribution in [-0.2, 0) is 6.42 Å². The minimum Gasteiger partial charge on any atom is -0.476 e. The van der Waals surface area contributed by atoms with E-state index in [0.717, 1.165) is 17.1 Å². The predicted octanol–water partition coefficient (Wildman–Crippen LogP) is 2.45. The Balaban J connectivity index is 1.80. The number of anilines is 1. The molecule has 0 bridgehead atoms. The summed E-state index contributed by atoms with van der Waals surface area (Å²) in [4.78, 5) is 20.1. The molecular formula is C14H14N4O2S. The molecule has 6 nitrogen and oxygen atoms in total. The van der Waals surface area contributed by atoms with Crippen molar-refractivity contribution < 1.29 is 9.90 Å². The number of nitrogens with zero attached hydrogens (tertiary/aromatic N) is 3. The van der Waals surface area contributed by atoms with E-state index in [-0.39, 0.29) is 5.69 Å². The minimum atomic E-state index is -0.999. The van der Waals surface area contributed by atoms with Gasteiger partial charge in [0.15, 0.2) is 11.5 Å². The van der Waals surface area contributed by atoms with E-state index in [2.05, 4.69) is 15.3 Å². The molecule has 0 aliphatic rings. The van der Waals surface area contributed by atoms with E-state index in [1.807, 2.05) is 18.4 Å². The van der Waals surface area contributed by atoms with E-state index >= 15 is 0 Å². The van der Waals surface area contributed by atoms with Crippen molar-refractivity contribution in [3.63, 3.8) is 0 Å². The van der Waals surface area contributed by atoms with Crippen LogP contribution < -0.4 is 5.32 Å². The second kappa shape index (κ2) is 5.53. The highest BCUT2D eigenvalue weighted by atomic mass is 32.1. The lowest BCUT2D eigenvalue weighted by Crippen LogP contribution is -2.10. The predicted molar refractivity (Wildman–Crippen MR) is 81.2 cm³/mol. The first kappa shape index (κ1) is 13.6. The van der Waals surface area contributed by atoms with Crippen molar-refractivity contribution in [2.75, 3.05) is 11.9 Å². The molecule has 0 amide bonds. The molecule has 0 aromatic carbocycles. The van der Waals surface area contributed by atoms with Crippen molar-refractivity contribution in [3.05, 3.63) is 46.2 Å². The van der Waals surface area contributed by atoms with Gasteiger partial charge in [-0.25, -0.2) is 14.8 Å². The van der Waals surface area contributed by atoms with Gasteiger partial charge in [-0.05, 0) is 19.1 Å². The first-order chi connectivity index (χ1) is 10.1. The number of carbonyl (C=O) groups is 1. The van der Waals surface area contributed by atoms with Gasteiger partial charge in [0.25, 0.3) is 0 Å². The first-order valence-corrected chi connectivity index (χ1v) is 7.38. The Hall–Kier alpha value is -2.41. The van der Waals surface area contributed by atoms with Gasteiger partial charge in [-0.2, -0.15) is 0 Å². The molecule has 0 aliphatic carbocycles. The number of rotatable bonds is 5. The number of thiazole rings is 1. The molecule has 2 N–H and O–H groups in total. The zero-order valence-electron chi connectivity index (χ0n) is 11.4. The number of hydrogen-bond acceptors (Lipinski definition) is 5. The fourth-order valence-electron chi connectivity index (χ4n) is 2.13. The van der Waals surface area contributed by atoms with Crippen LogP contribution in [0, 0.1) is 6.92 Å². The monoisotopic (exact) mass is 302 g/mol. The molecule has 0 saturated heterocycles. The maximum atomic E-state index is 11.4. The number of hydrogen-bond donors (Lipinski definition) is 2. The Morgan fingerprint density at radius 2 is 2.29 bits per heavy atom. The third-order valence-electron chi connectivity index (χ3n) is 3.03. The average Bonchev–Trinajstić information content (AvgIpc) is 3.02. The maximum absolute atomic E-state index is 11.4. The largest absolute Gasteiger partial charge is 0.476 e. The van der Waals surface area contributed by atoms with Gasteiger partial charge in [-0.1, -0.05) is 6.07 Å². The lowest BCUT2D eigenvalue weighted by molar-refractivity contribution is 0.0690. The Morgan fingerprint density at radius 3 is 3.00 bits per heavy atom. The molecule has 108 valence electrons. The van der Waals surface area contributed by atoms with Crippen LogP contribution in [0.1, 0.15) is 21.2 Å². The van der Waals surface area contributed by atoms with Crippen LogP contribution in [-0.4, -0.2) is 32.0 Å². The standard InChI is InChI=1S/C14H14N4O2S/c1-9-8-21-11(16-9)5-6-15-13-12(14(19)20)18-7-3-2-4-10(18)17-13/h2-4,7-8,15H,5-6H2,1H3,(H,19,20). The van der Waals surface area contributed by atoms with Crippen LogP contribution in [0.5, 0.6) is 0 Å². The third kappa shape index (κ3) is 2.73. The molecule has 0 atom stereocenters. The SMILES string of the molecule is Cc1csc(CCNc2nc3ccccn3c2C(=O)O)n1. The molecule has 3 heterocycles. The fraction of sp³-hybridized carbons (Fsp3) is 0.214. The topological polar surface area (TPSA) is 79.5 Å². The lowest BCUT2D eigenvalue weighted by atomic mass is 10.4. The zero-order valence-corrected chi connectivity index (χ0v) is 12.2. The first-order valence-electron chi connectivity index (χ1n) is 6.50. The van der Waals surface area contributed by atoms with Gasteiger partial charge in [-0.15, -0.1) is 11.3 Å². The second-order valence-corrected chi connectivity index (χ2v) is 5.55. The van der Waals surface area contributed by atoms with Crippen molar-refractivity contribution in [2.45, 2.75) is 13.3 Å². The molecule has 3 aromatic heterocycles. The molecule has 0 radical (unpaired) electrons. The number of pyridine rings is 1. The summed E-state index contributed by atoms with van der Waals surface area (Å²) in [5, 5.41) is 15.5. The summed E-state index contributed by atoms with van der Waals surface area (Å²) in [7, 11) is 0. The zero-order chi connectivity index (χ0) is 14.8. The van der Waals surface area contributed by atoms with Crippen LogP contribution in [0.15, 0.2) is 29.8 Å². The number of carboxylic acid groups (broad SMARTS) is 1. The number of imidazole rings is 1. The summed E-state index contributed by atoms with van der Waals surface area (Å²) in [5.74, 6) is -0.608. The van der Waals surface area contributed by atoms with Crippen molar-refractivity contribution in [1.29, 1.82) is 0 Å². The van der Waals surface area contributed by atoms with E-state index in [4.69, 9.17) is 0 Å². The highest BCUT2D eigenvalue weighted by Gasteiger charge is 2.17. The molecule has 0 unspecified atom stereocenters. The molecule has 7 heteroatoms. The molecule has 3 rings (SSSR count). The van der Waals surface area contributed by atoms with Gasteiger partial charge in [0.2, 0.25) is 0 Å². The van der Waals surface area contributed by atoms with E-state index in [0.29, 0.717) is 18.0 Å². The van der Waals surface area contributed by atoms with E-state index in [1.54, 1.807) is 34.1 Å². The number of fused-ring (bicyclic) bond motifs is 1. The van der Waals surface area contributed by atoms with E-state index < -0.39 is 5.97 Å². The van der Waals surface area contributed by atoms with Gasteiger partial charge >= 0.3 is 5.97 Å². The molecule has 21 heavy (non-hydrogen) atoms. The van der Waals surface area contributed by atoms with Crippen LogP contribution in [0.25, 0.3) is 5.65 Å². The number of nitrogens with one attached hydrogen (secondary N) is 1. The summed E-state index contributed by atoms with van der Waals surface area (Å²) in [5.41, 5.74) is 1.78. The van der Waals surface area contributed by atoms with E-state index in [1.165, 1.54) is 0 Å². The molecular weight excluding hydrogens is 288 g/mol. The number of aryl methyl sites for hydroxylation is 1. The van der Waals surface area contributed by atoms with Gasteiger partial charge in [0, 0.05) is 30.2 Å². The van der Waals surface area contributed by atoms with Crippen molar-refractivity contribution in [2.24, 2.45) is 0 Å². The second-order valence-electron chi connectivity index (χ2n) is 4.60. The Bertz CT molecular complexity index is 793. The highest BCUT2D eigenvalue weighted by Crippen LogP contribution is 2.18. The normalized spacial score (nSPS) is 10.9. The molecule has 3 aromatic rings. The third-order valence-corrected chi connectivity index (χ3v) is 4.06. The van der Waals surface area contributed by atoms with Crippen molar-refractivity contribution in [1.82, 2.24) is 14.4 Å². The molecule has 0 saturated carbocycles. The van der Waals surface area contributed by atoms with Crippen LogP contribution in [0.2, 0.25) is 0 Å². The van der Waals surface area contributed by atoms with Crippen molar-refractivity contribution in [3.8, 4) is 0 Å². The maximum Gasteiger partial charge on any atom is 0.356 e. The van der Waals surface area contributed by atoms with Gasteiger partial charge in [0.1, 0.15) is 5.65 Å². The Labute approximate surface area is 125 Å².